The van der Waals surface area contributed by atoms with Gasteiger partial charge in [0.05, 0.1) is 21.2 Å². The Morgan fingerprint density at radius 3 is 1.39 bits per heavy atom. The van der Waals surface area contributed by atoms with Crippen molar-refractivity contribution in [3.05, 3.63) is 60.7 Å². The highest BCUT2D eigenvalue weighted by Gasteiger charge is 2.19. The topological polar surface area (TPSA) is 81.4 Å². The van der Waals surface area contributed by atoms with Crippen LogP contribution in [0.4, 0.5) is 11.6 Å². The first-order valence-electron chi connectivity index (χ1n) is 8.79. The molecule has 0 aliphatic heterocycles. The van der Waals surface area contributed by atoms with Gasteiger partial charge in [0.1, 0.15) is 0 Å². The molecule has 0 amide bonds. The van der Waals surface area contributed by atoms with Gasteiger partial charge in [-0.1, -0.05) is 60.7 Å². The lowest BCUT2D eigenvalue weighted by atomic mass is 10.1. The van der Waals surface area contributed by atoms with Gasteiger partial charge in [0.15, 0.2) is 11.6 Å². The lowest BCUT2D eigenvalue weighted by Crippen LogP contribution is -1.90. The van der Waals surface area contributed by atoms with Gasteiger partial charge in [0, 0.05) is 25.2 Å². The zero-order valence-corrected chi connectivity index (χ0v) is 17.1. The van der Waals surface area contributed by atoms with Gasteiger partial charge < -0.3 is 10.6 Å². The fraction of sp³-hybridized carbons (Fsp3) is 0.100. The van der Waals surface area contributed by atoms with Crippen LogP contribution >= 0.6 is 21.6 Å². The fourth-order valence-electron chi connectivity index (χ4n) is 2.85. The molecule has 0 spiro atoms. The number of anilines is 2. The molecule has 2 aromatic carbocycles. The Bertz CT molecular complexity index is 958. The number of nitrogens with zero attached hydrogens (tertiary/aromatic N) is 2. The van der Waals surface area contributed by atoms with Gasteiger partial charge in [-0.25, -0.2) is 0 Å². The van der Waals surface area contributed by atoms with E-state index in [1.54, 1.807) is 21.6 Å². The van der Waals surface area contributed by atoms with Crippen molar-refractivity contribution < 1.29 is 0 Å². The first kappa shape index (κ1) is 18.5. The zero-order chi connectivity index (χ0) is 19.3. The number of hydrogen-bond acceptors (Lipinski definition) is 6. The summed E-state index contributed by atoms with van der Waals surface area (Å²) < 4.78 is 0. The van der Waals surface area contributed by atoms with Crippen LogP contribution in [0.15, 0.2) is 70.5 Å². The van der Waals surface area contributed by atoms with Gasteiger partial charge in [-0.15, -0.1) is 0 Å². The standard InChI is InChI=1S/C20H20N6S2/c1-21-19-17(15(23-25-19)13-9-5-3-6-10-13)27-28-18-16(24-26-20(18)22-2)14-11-7-4-8-12-14/h3-12H,1-2H3,(H2,21,23,25)(H2,22,24,26). The fourth-order valence-corrected chi connectivity index (χ4v) is 5.44. The molecule has 0 saturated heterocycles. The summed E-state index contributed by atoms with van der Waals surface area (Å²) in [6, 6.07) is 20.4. The van der Waals surface area contributed by atoms with Crippen molar-refractivity contribution in [3.63, 3.8) is 0 Å². The van der Waals surface area contributed by atoms with E-state index in [9.17, 15) is 0 Å². The second kappa shape index (κ2) is 8.45. The van der Waals surface area contributed by atoms with Crippen LogP contribution in [0.25, 0.3) is 22.5 Å². The van der Waals surface area contributed by atoms with E-state index >= 15 is 0 Å². The van der Waals surface area contributed by atoms with Crippen molar-refractivity contribution >= 4 is 33.2 Å². The molecule has 0 bridgehead atoms. The molecule has 4 aromatic rings. The number of nitrogens with one attached hydrogen (secondary N) is 4. The Hall–Kier alpha value is -2.84. The summed E-state index contributed by atoms with van der Waals surface area (Å²) in [7, 11) is 7.07. The van der Waals surface area contributed by atoms with E-state index in [-0.39, 0.29) is 0 Å². The largest absolute Gasteiger partial charge is 0.371 e. The lowest BCUT2D eigenvalue weighted by molar-refractivity contribution is 1.09. The number of benzene rings is 2. The quantitative estimate of drug-likeness (QED) is 0.309. The maximum atomic E-state index is 4.42. The van der Waals surface area contributed by atoms with E-state index in [2.05, 4.69) is 55.3 Å². The molecule has 0 atom stereocenters. The minimum Gasteiger partial charge on any atom is -0.371 e. The number of aromatic nitrogens is 4. The molecule has 4 N–H and O–H groups in total. The number of rotatable bonds is 7. The van der Waals surface area contributed by atoms with Crippen LogP contribution < -0.4 is 10.6 Å². The highest BCUT2D eigenvalue weighted by atomic mass is 33.1. The molecule has 8 heteroatoms. The Morgan fingerprint density at radius 2 is 1.04 bits per heavy atom. The SMILES string of the molecule is CNc1n[nH]c(-c2ccccc2)c1SSc1c(NC)n[nH]c1-c1ccccc1. The minimum atomic E-state index is 0.826. The predicted octanol–water partition coefficient (Wildman–Crippen LogP) is 5.35. The number of H-pyrrole nitrogens is 2. The maximum Gasteiger partial charge on any atom is 0.162 e. The summed E-state index contributed by atoms with van der Waals surface area (Å²) in [5.41, 5.74) is 4.20. The molecule has 4 rings (SSSR count). The molecular formula is C20H20N6S2. The van der Waals surface area contributed by atoms with Crippen LogP contribution in [0.2, 0.25) is 0 Å². The first-order chi connectivity index (χ1) is 13.8. The molecule has 0 aliphatic rings. The van der Waals surface area contributed by atoms with Gasteiger partial charge in [0.25, 0.3) is 0 Å². The van der Waals surface area contributed by atoms with Crippen molar-refractivity contribution in [2.75, 3.05) is 24.7 Å². The molecule has 28 heavy (non-hydrogen) atoms. The van der Waals surface area contributed by atoms with Crippen molar-refractivity contribution in [1.29, 1.82) is 0 Å². The number of aromatic amines is 2. The van der Waals surface area contributed by atoms with E-state index in [4.69, 9.17) is 0 Å². The summed E-state index contributed by atoms with van der Waals surface area (Å²) in [5, 5.41) is 21.5. The van der Waals surface area contributed by atoms with Crippen LogP contribution in [0.1, 0.15) is 0 Å². The Kier molecular flexibility index (Phi) is 5.59. The summed E-state index contributed by atoms with van der Waals surface area (Å²) in [4.78, 5) is 2.11. The smallest absolute Gasteiger partial charge is 0.162 e. The molecule has 0 saturated carbocycles. The summed E-state index contributed by atoms with van der Waals surface area (Å²) >= 11 is 0. The van der Waals surface area contributed by atoms with E-state index in [0.29, 0.717) is 0 Å². The van der Waals surface area contributed by atoms with Crippen molar-refractivity contribution in [1.82, 2.24) is 20.4 Å². The maximum absolute atomic E-state index is 4.42. The van der Waals surface area contributed by atoms with Gasteiger partial charge in [-0.3, -0.25) is 10.2 Å². The van der Waals surface area contributed by atoms with Crippen LogP contribution in [0.3, 0.4) is 0 Å². The molecule has 0 fully saturated rings. The van der Waals surface area contributed by atoms with E-state index < -0.39 is 0 Å². The van der Waals surface area contributed by atoms with Crippen LogP contribution in [0, 0.1) is 0 Å². The summed E-state index contributed by atoms with van der Waals surface area (Å²) in [6.45, 7) is 0. The van der Waals surface area contributed by atoms with Gasteiger partial charge >= 0.3 is 0 Å². The monoisotopic (exact) mass is 408 g/mol. The molecule has 2 aromatic heterocycles. The van der Waals surface area contributed by atoms with Crippen molar-refractivity contribution in [2.45, 2.75) is 9.79 Å². The predicted molar refractivity (Wildman–Crippen MR) is 119 cm³/mol. The molecule has 2 heterocycles. The Morgan fingerprint density at radius 1 is 0.643 bits per heavy atom. The van der Waals surface area contributed by atoms with Crippen molar-refractivity contribution in [3.8, 4) is 22.5 Å². The third-order valence-corrected chi connectivity index (χ3v) is 6.71. The van der Waals surface area contributed by atoms with E-state index in [0.717, 1.165) is 43.9 Å². The van der Waals surface area contributed by atoms with E-state index in [1.807, 2.05) is 50.5 Å². The highest BCUT2D eigenvalue weighted by molar-refractivity contribution is 8.76. The summed E-state index contributed by atoms with van der Waals surface area (Å²) in [6.07, 6.45) is 0. The Balaban J connectivity index is 1.68. The number of hydrogen-bond donors (Lipinski definition) is 4. The molecule has 0 aliphatic carbocycles. The van der Waals surface area contributed by atoms with Gasteiger partial charge in [0.2, 0.25) is 0 Å². The normalized spacial score (nSPS) is 10.8. The van der Waals surface area contributed by atoms with Crippen LogP contribution in [0.5, 0.6) is 0 Å². The first-order valence-corrected chi connectivity index (χ1v) is 10.9. The van der Waals surface area contributed by atoms with Gasteiger partial charge in [-0.05, 0) is 21.6 Å². The minimum absolute atomic E-state index is 0.826. The van der Waals surface area contributed by atoms with Crippen LogP contribution in [-0.2, 0) is 0 Å². The van der Waals surface area contributed by atoms with Crippen LogP contribution in [-0.4, -0.2) is 34.5 Å². The average Bonchev–Trinajstić information content (AvgIpc) is 3.36. The average molecular weight is 409 g/mol. The second-order valence-corrected chi connectivity index (χ2v) is 8.10. The van der Waals surface area contributed by atoms with Gasteiger partial charge in [-0.2, -0.15) is 10.2 Å². The molecule has 6 nitrogen and oxygen atoms in total. The molecule has 142 valence electrons. The highest BCUT2D eigenvalue weighted by Crippen LogP contribution is 2.49. The third kappa shape index (κ3) is 3.61. The third-order valence-electron chi connectivity index (χ3n) is 4.25. The zero-order valence-electron chi connectivity index (χ0n) is 15.5. The Labute approximate surface area is 171 Å². The van der Waals surface area contributed by atoms with E-state index in [1.165, 1.54) is 0 Å². The molecular weight excluding hydrogens is 388 g/mol. The lowest BCUT2D eigenvalue weighted by Gasteiger charge is -2.07. The molecule has 0 unspecified atom stereocenters. The van der Waals surface area contributed by atoms with Crippen molar-refractivity contribution in [2.24, 2.45) is 0 Å². The second-order valence-electron chi connectivity index (χ2n) is 5.95. The molecule has 0 radical (unpaired) electrons. The summed E-state index contributed by atoms with van der Waals surface area (Å²) in [5.74, 6) is 1.65.